The Balaban J connectivity index is 0.00000171. The molecule has 0 unspecified atom stereocenters. The predicted octanol–water partition coefficient (Wildman–Crippen LogP) is 4.65. The number of carbonyl (C=O) groups is 1. The maximum atomic E-state index is 12.7. The van der Waals surface area contributed by atoms with Crippen molar-refractivity contribution < 1.29 is 9.53 Å². The zero-order chi connectivity index (χ0) is 20.2. The molecule has 5 nitrogen and oxygen atoms in total. The van der Waals surface area contributed by atoms with E-state index >= 15 is 0 Å². The van der Waals surface area contributed by atoms with Crippen LogP contribution in [0.4, 0.5) is 0 Å². The Morgan fingerprint density at radius 3 is 2.48 bits per heavy atom. The van der Waals surface area contributed by atoms with Gasteiger partial charge < -0.3 is 15.4 Å². The molecule has 31 heavy (non-hydrogen) atoms. The van der Waals surface area contributed by atoms with Crippen molar-refractivity contribution in [3.63, 3.8) is 0 Å². The number of rotatable bonds is 6. The smallest absolute Gasteiger partial charge is 0.251 e. The molecule has 0 saturated carbocycles. The molecule has 0 spiro atoms. The van der Waals surface area contributed by atoms with E-state index in [-0.39, 0.29) is 30.7 Å². The van der Waals surface area contributed by atoms with Gasteiger partial charge in [-0.1, -0.05) is 24.3 Å². The van der Waals surface area contributed by atoms with Gasteiger partial charge in [0.2, 0.25) is 0 Å². The number of aryl methyl sites for hydroxylation is 2. The van der Waals surface area contributed by atoms with Crippen LogP contribution in [-0.4, -0.2) is 10.9 Å². The molecule has 0 aliphatic carbocycles. The van der Waals surface area contributed by atoms with Gasteiger partial charge in [0.25, 0.3) is 5.91 Å². The molecule has 4 rings (SSSR count). The number of pyridine rings is 1. The van der Waals surface area contributed by atoms with E-state index in [1.54, 1.807) is 12.4 Å². The quantitative estimate of drug-likeness (QED) is 0.562. The predicted molar refractivity (Wildman–Crippen MR) is 127 cm³/mol. The summed E-state index contributed by atoms with van der Waals surface area (Å²) in [4.78, 5) is 16.8. The lowest BCUT2D eigenvalue weighted by atomic mass is 10.0. The molecule has 1 aliphatic heterocycles. The molecular weight excluding hydrogens is 433 g/mol. The molecule has 3 aromatic rings. The van der Waals surface area contributed by atoms with Gasteiger partial charge in [-0.05, 0) is 59.9 Å². The zero-order valence-electron chi connectivity index (χ0n) is 17.6. The number of nitrogens with zero attached hydrogens (tertiary/aromatic N) is 1. The fraction of sp³-hybridized carbons (Fsp3) is 0.250. The second kappa shape index (κ2) is 11.1. The number of aromatic nitrogens is 1. The second-order valence-electron chi connectivity index (χ2n) is 7.48. The average molecular weight is 460 g/mol. The Hall–Kier alpha value is -2.60. The van der Waals surface area contributed by atoms with E-state index in [4.69, 9.17) is 4.74 Å². The maximum absolute atomic E-state index is 12.7. The van der Waals surface area contributed by atoms with Crippen molar-refractivity contribution in [2.24, 2.45) is 0 Å². The highest BCUT2D eigenvalue weighted by molar-refractivity contribution is 5.94. The van der Waals surface area contributed by atoms with Crippen molar-refractivity contribution in [3.05, 3.63) is 93.8 Å². The van der Waals surface area contributed by atoms with Crippen molar-refractivity contribution in [2.45, 2.75) is 40.1 Å². The molecule has 2 heterocycles. The summed E-state index contributed by atoms with van der Waals surface area (Å²) in [5.74, 6) is 0.741. The topological polar surface area (TPSA) is 63.2 Å². The first-order valence-corrected chi connectivity index (χ1v) is 9.82. The summed E-state index contributed by atoms with van der Waals surface area (Å²) in [6.07, 6.45) is 3.54. The van der Waals surface area contributed by atoms with E-state index in [1.807, 2.05) is 38.1 Å². The molecular formula is C24H27Cl2N3O2. The molecule has 0 bridgehead atoms. The number of nitrogens with one attached hydrogen (secondary N) is 2. The molecule has 2 N–H and O–H groups in total. The molecule has 0 atom stereocenters. The number of hydrogen-bond acceptors (Lipinski definition) is 4. The summed E-state index contributed by atoms with van der Waals surface area (Å²) in [7, 11) is 0. The minimum absolute atomic E-state index is 0. The van der Waals surface area contributed by atoms with Gasteiger partial charge in [-0.15, -0.1) is 24.8 Å². The summed E-state index contributed by atoms with van der Waals surface area (Å²) in [5, 5.41) is 6.37. The van der Waals surface area contributed by atoms with Crippen LogP contribution in [0.5, 0.6) is 5.75 Å². The minimum Gasteiger partial charge on any atom is -0.488 e. The Morgan fingerprint density at radius 1 is 1.03 bits per heavy atom. The van der Waals surface area contributed by atoms with E-state index in [9.17, 15) is 4.79 Å². The first kappa shape index (κ1) is 24.7. The van der Waals surface area contributed by atoms with Crippen molar-refractivity contribution in [2.75, 3.05) is 0 Å². The monoisotopic (exact) mass is 459 g/mol. The third-order valence-electron chi connectivity index (χ3n) is 5.18. The van der Waals surface area contributed by atoms with Crippen LogP contribution in [0.1, 0.15) is 43.7 Å². The van der Waals surface area contributed by atoms with Gasteiger partial charge in [-0.3, -0.25) is 9.78 Å². The van der Waals surface area contributed by atoms with E-state index < -0.39 is 0 Å². The van der Waals surface area contributed by atoms with Crippen LogP contribution >= 0.6 is 24.8 Å². The summed E-state index contributed by atoms with van der Waals surface area (Å²) in [6, 6.07) is 14.0. The van der Waals surface area contributed by atoms with Gasteiger partial charge >= 0.3 is 0 Å². The molecule has 7 heteroatoms. The van der Waals surface area contributed by atoms with Crippen molar-refractivity contribution in [1.29, 1.82) is 0 Å². The lowest BCUT2D eigenvalue weighted by Gasteiger charge is -2.14. The summed E-state index contributed by atoms with van der Waals surface area (Å²) < 4.78 is 5.98. The number of halogens is 2. The first-order chi connectivity index (χ1) is 14.1. The van der Waals surface area contributed by atoms with E-state index in [0.717, 1.165) is 41.1 Å². The van der Waals surface area contributed by atoms with Crippen LogP contribution in [0, 0.1) is 13.8 Å². The molecule has 0 fully saturated rings. The fourth-order valence-electron chi connectivity index (χ4n) is 3.69. The fourth-order valence-corrected chi connectivity index (χ4v) is 3.69. The highest BCUT2D eigenvalue weighted by atomic mass is 35.5. The van der Waals surface area contributed by atoms with Crippen molar-refractivity contribution in [1.82, 2.24) is 15.6 Å². The molecule has 1 aliphatic rings. The van der Waals surface area contributed by atoms with E-state index in [1.165, 1.54) is 11.1 Å². The van der Waals surface area contributed by atoms with Crippen LogP contribution in [0.3, 0.4) is 0 Å². The Kier molecular flexibility index (Phi) is 8.87. The summed E-state index contributed by atoms with van der Waals surface area (Å²) in [5.41, 5.74) is 7.33. The highest BCUT2D eigenvalue weighted by Gasteiger charge is 2.13. The highest BCUT2D eigenvalue weighted by Crippen LogP contribution is 2.26. The Labute approximate surface area is 195 Å². The average Bonchev–Trinajstić information content (AvgIpc) is 3.20. The summed E-state index contributed by atoms with van der Waals surface area (Å²) >= 11 is 0. The molecule has 0 saturated heterocycles. The molecule has 2 aromatic carbocycles. The van der Waals surface area contributed by atoms with E-state index in [0.29, 0.717) is 18.7 Å². The third kappa shape index (κ3) is 5.97. The van der Waals surface area contributed by atoms with Crippen LogP contribution < -0.4 is 15.4 Å². The van der Waals surface area contributed by atoms with Crippen LogP contribution in [0.15, 0.2) is 54.9 Å². The van der Waals surface area contributed by atoms with Crippen LogP contribution in [-0.2, 0) is 26.2 Å². The Bertz CT molecular complexity index is 1020. The molecule has 0 radical (unpaired) electrons. The number of ether oxygens (including phenoxy) is 1. The SMILES string of the molecule is Cc1cc(C(=O)NCc2ccc3c(c2)CNC3)cc(C)c1OCc1cccnc1.Cl.Cl. The minimum atomic E-state index is -0.0753. The third-order valence-corrected chi connectivity index (χ3v) is 5.18. The van der Waals surface area contributed by atoms with Crippen LogP contribution in [0.25, 0.3) is 0 Å². The first-order valence-electron chi connectivity index (χ1n) is 9.82. The summed E-state index contributed by atoms with van der Waals surface area (Å²) in [6.45, 7) is 6.73. The van der Waals surface area contributed by atoms with E-state index in [2.05, 4.69) is 33.8 Å². The van der Waals surface area contributed by atoms with Gasteiger partial charge in [0, 0.05) is 43.2 Å². The van der Waals surface area contributed by atoms with Gasteiger partial charge in [0.1, 0.15) is 12.4 Å². The standard InChI is InChI=1S/C24H25N3O2.2ClH/c1-16-8-21(9-17(2)23(16)29-15-19-4-3-7-25-11-19)24(28)27-12-18-5-6-20-13-26-14-22(20)10-18;;/h3-11,26H,12-15H2,1-2H3,(H,27,28);2*1H. The molecule has 1 amide bonds. The lowest BCUT2D eigenvalue weighted by Crippen LogP contribution is -2.23. The molecule has 1 aromatic heterocycles. The zero-order valence-corrected chi connectivity index (χ0v) is 19.2. The van der Waals surface area contributed by atoms with Crippen molar-refractivity contribution >= 4 is 30.7 Å². The van der Waals surface area contributed by atoms with Crippen LogP contribution in [0.2, 0.25) is 0 Å². The second-order valence-corrected chi connectivity index (χ2v) is 7.48. The maximum Gasteiger partial charge on any atom is 0.251 e. The number of benzene rings is 2. The van der Waals surface area contributed by atoms with Gasteiger partial charge in [-0.25, -0.2) is 0 Å². The number of carbonyl (C=O) groups excluding carboxylic acids is 1. The lowest BCUT2D eigenvalue weighted by molar-refractivity contribution is 0.0950. The Morgan fingerprint density at radius 2 is 1.77 bits per heavy atom. The normalized spacial score (nSPS) is 11.7. The number of amides is 1. The van der Waals surface area contributed by atoms with Gasteiger partial charge in [0.15, 0.2) is 0 Å². The number of fused-ring (bicyclic) bond motifs is 1. The molecule has 164 valence electrons. The number of hydrogen-bond donors (Lipinski definition) is 2. The van der Waals surface area contributed by atoms with Gasteiger partial charge in [-0.2, -0.15) is 0 Å². The van der Waals surface area contributed by atoms with Crippen molar-refractivity contribution in [3.8, 4) is 5.75 Å². The largest absolute Gasteiger partial charge is 0.488 e. The van der Waals surface area contributed by atoms with Gasteiger partial charge in [0.05, 0.1) is 0 Å².